The van der Waals surface area contributed by atoms with Crippen LogP contribution in [0.15, 0.2) is 36.7 Å². The molecule has 0 unspecified atom stereocenters. The van der Waals surface area contributed by atoms with Gasteiger partial charge in [-0.1, -0.05) is 0 Å². The molecular weight excluding hydrogens is 266 g/mol. The summed E-state index contributed by atoms with van der Waals surface area (Å²) < 4.78 is 5.40. The molecule has 0 aliphatic carbocycles. The lowest BCUT2D eigenvalue weighted by Gasteiger charge is -2.28. The molecule has 1 saturated heterocycles. The van der Waals surface area contributed by atoms with Crippen molar-refractivity contribution in [3.63, 3.8) is 0 Å². The summed E-state index contributed by atoms with van der Waals surface area (Å²) in [4.78, 5) is 11.5. The van der Waals surface area contributed by atoms with E-state index in [2.05, 4.69) is 32.2 Å². The Balaban J connectivity index is 1.83. The lowest BCUT2D eigenvalue weighted by Crippen LogP contribution is -2.36. The smallest absolute Gasteiger partial charge is 0.129 e. The highest BCUT2D eigenvalue weighted by Gasteiger charge is 2.15. The van der Waals surface area contributed by atoms with Crippen LogP contribution < -0.4 is 4.90 Å². The van der Waals surface area contributed by atoms with Gasteiger partial charge in [-0.3, -0.25) is 10.1 Å². The standard InChI is InChI=1S/C15H15N5O/c1-2-13(20-7-9-21-10-8-20)18-14-11(1)3-5-16-15(14)12-4-6-17-19-12/h1-6H,7-10H2,(H,17,19). The zero-order valence-corrected chi connectivity index (χ0v) is 11.5. The molecule has 21 heavy (non-hydrogen) atoms. The van der Waals surface area contributed by atoms with Gasteiger partial charge in [0.1, 0.15) is 22.7 Å². The van der Waals surface area contributed by atoms with E-state index in [0.717, 1.165) is 54.4 Å². The second-order valence-corrected chi connectivity index (χ2v) is 4.96. The van der Waals surface area contributed by atoms with Gasteiger partial charge >= 0.3 is 0 Å². The van der Waals surface area contributed by atoms with Crippen LogP contribution in [0.1, 0.15) is 0 Å². The fraction of sp³-hybridized carbons (Fsp3) is 0.267. The highest BCUT2D eigenvalue weighted by atomic mass is 16.5. The molecule has 1 aliphatic heterocycles. The minimum atomic E-state index is 0.749. The number of aromatic amines is 1. The quantitative estimate of drug-likeness (QED) is 0.776. The number of ether oxygens (including phenoxy) is 1. The van der Waals surface area contributed by atoms with Gasteiger partial charge in [0.05, 0.1) is 13.2 Å². The molecule has 0 aromatic carbocycles. The van der Waals surface area contributed by atoms with Gasteiger partial charge in [-0.25, -0.2) is 4.98 Å². The van der Waals surface area contributed by atoms with E-state index in [9.17, 15) is 0 Å². The summed E-state index contributed by atoms with van der Waals surface area (Å²) in [6.45, 7) is 3.24. The Morgan fingerprint density at radius 1 is 1.10 bits per heavy atom. The number of rotatable bonds is 2. The Morgan fingerprint density at radius 2 is 2.00 bits per heavy atom. The van der Waals surface area contributed by atoms with Crippen molar-refractivity contribution in [1.82, 2.24) is 20.2 Å². The molecule has 0 bridgehead atoms. The van der Waals surface area contributed by atoms with E-state index >= 15 is 0 Å². The second-order valence-electron chi connectivity index (χ2n) is 4.96. The third-order valence-electron chi connectivity index (χ3n) is 3.67. The molecule has 0 atom stereocenters. The highest BCUT2D eigenvalue weighted by Crippen LogP contribution is 2.26. The van der Waals surface area contributed by atoms with Gasteiger partial charge < -0.3 is 9.64 Å². The van der Waals surface area contributed by atoms with Gasteiger partial charge in [0.15, 0.2) is 0 Å². The lowest BCUT2D eigenvalue weighted by molar-refractivity contribution is 0.122. The zero-order valence-electron chi connectivity index (χ0n) is 11.5. The number of H-pyrrole nitrogens is 1. The first-order chi connectivity index (χ1) is 10.4. The molecule has 1 aliphatic rings. The average Bonchev–Trinajstić information content (AvgIpc) is 3.09. The van der Waals surface area contributed by atoms with E-state index in [0.29, 0.717) is 0 Å². The van der Waals surface area contributed by atoms with Crippen LogP contribution in [0.4, 0.5) is 5.82 Å². The van der Waals surface area contributed by atoms with Crippen LogP contribution in [0, 0.1) is 0 Å². The summed E-state index contributed by atoms with van der Waals surface area (Å²) >= 11 is 0. The maximum absolute atomic E-state index is 5.40. The topological polar surface area (TPSA) is 66.9 Å². The number of hydrogen-bond acceptors (Lipinski definition) is 5. The molecule has 3 aromatic rings. The maximum Gasteiger partial charge on any atom is 0.129 e. The molecule has 4 rings (SSSR count). The fourth-order valence-corrected chi connectivity index (χ4v) is 2.59. The van der Waals surface area contributed by atoms with Crippen molar-refractivity contribution < 1.29 is 4.74 Å². The minimum absolute atomic E-state index is 0.749. The molecule has 6 nitrogen and oxygen atoms in total. The third kappa shape index (κ3) is 2.23. The van der Waals surface area contributed by atoms with Crippen LogP contribution in [0.3, 0.4) is 0 Å². The van der Waals surface area contributed by atoms with E-state index in [1.807, 2.05) is 12.1 Å². The van der Waals surface area contributed by atoms with E-state index in [1.165, 1.54) is 0 Å². The summed E-state index contributed by atoms with van der Waals surface area (Å²) in [6.07, 6.45) is 3.59. The van der Waals surface area contributed by atoms with Gasteiger partial charge in [-0.2, -0.15) is 5.10 Å². The van der Waals surface area contributed by atoms with Crippen molar-refractivity contribution in [3.8, 4) is 11.4 Å². The van der Waals surface area contributed by atoms with E-state index in [1.54, 1.807) is 12.4 Å². The Bertz CT molecular complexity index is 750. The Labute approximate surface area is 121 Å². The average molecular weight is 281 g/mol. The van der Waals surface area contributed by atoms with Crippen molar-refractivity contribution in [1.29, 1.82) is 0 Å². The van der Waals surface area contributed by atoms with Crippen LogP contribution in [0.2, 0.25) is 0 Å². The normalized spacial score (nSPS) is 15.5. The van der Waals surface area contributed by atoms with Gasteiger partial charge in [0, 0.05) is 30.9 Å². The fourth-order valence-electron chi connectivity index (χ4n) is 2.59. The van der Waals surface area contributed by atoms with Gasteiger partial charge in [-0.05, 0) is 24.3 Å². The SMILES string of the molecule is c1cc2ccc(N3CCOCC3)nc2c(-c2cc[nH]n2)n1. The van der Waals surface area contributed by atoms with Crippen molar-refractivity contribution >= 4 is 16.7 Å². The summed E-state index contributed by atoms with van der Waals surface area (Å²) in [5.41, 5.74) is 2.50. The second kappa shape index (κ2) is 5.14. The predicted molar refractivity (Wildman–Crippen MR) is 80.2 cm³/mol. The largest absolute Gasteiger partial charge is 0.378 e. The number of fused-ring (bicyclic) bond motifs is 1. The first kappa shape index (κ1) is 12.3. The molecule has 0 spiro atoms. The van der Waals surface area contributed by atoms with E-state index in [4.69, 9.17) is 9.72 Å². The van der Waals surface area contributed by atoms with Gasteiger partial charge in [0.2, 0.25) is 0 Å². The van der Waals surface area contributed by atoms with Crippen molar-refractivity contribution in [2.75, 3.05) is 31.2 Å². The Kier molecular flexibility index (Phi) is 3.01. The molecule has 1 N–H and O–H groups in total. The number of anilines is 1. The molecule has 0 radical (unpaired) electrons. The summed E-state index contributed by atoms with van der Waals surface area (Å²) in [6, 6.07) is 8.03. The molecule has 106 valence electrons. The van der Waals surface area contributed by atoms with Crippen molar-refractivity contribution in [3.05, 3.63) is 36.7 Å². The van der Waals surface area contributed by atoms with Crippen LogP contribution >= 0.6 is 0 Å². The summed E-state index contributed by atoms with van der Waals surface area (Å²) in [5, 5.41) is 8.11. The zero-order chi connectivity index (χ0) is 14.1. The lowest BCUT2D eigenvalue weighted by atomic mass is 10.1. The molecule has 0 amide bonds. The van der Waals surface area contributed by atoms with E-state index < -0.39 is 0 Å². The number of hydrogen-bond donors (Lipinski definition) is 1. The molecular formula is C15H15N5O. The van der Waals surface area contributed by atoms with Crippen molar-refractivity contribution in [2.24, 2.45) is 0 Å². The molecule has 1 fully saturated rings. The summed E-state index contributed by atoms with van der Waals surface area (Å²) in [7, 11) is 0. The highest BCUT2D eigenvalue weighted by molar-refractivity contribution is 5.91. The monoisotopic (exact) mass is 281 g/mol. The number of pyridine rings is 2. The number of nitrogens with one attached hydrogen (secondary N) is 1. The molecule has 6 heteroatoms. The number of aromatic nitrogens is 4. The predicted octanol–water partition coefficient (Wildman–Crippen LogP) is 1.86. The number of morpholine rings is 1. The molecule has 3 aromatic heterocycles. The van der Waals surface area contributed by atoms with Crippen LogP contribution in [0.5, 0.6) is 0 Å². The van der Waals surface area contributed by atoms with Gasteiger partial charge in [-0.15, -0.1) is 0 Å². The third-order valence-corrected chi connectivity index (χ3v) is 3.67. The minimum Gasteiger partial charge on any atom is -0.378 e. The van der Waals surface area contributed by atoms with Crippen LogP contribution in [-0.4, -0.2) is 46.5 Å². The van der Waals surface area contributed by atoms with Gasteiger partial charge in [0.25, 0.3) is 0 Å². The number of nitrogens with zero attached hydrogens (tertiary/aromatic N) is 4. The Morgan fingerprint density at radius 3 is 2.81 bits per heavy atom. The molecule has 4 heterocycles. The molecule has 0 saturated carbocycles. The first-order valence-electron chi connectivity index (χ1n) is 7.00. The van der Waals surface area contributed by atoms with Crippen LogP contribution in [0.25, 0.3) is 22.3 Å². The first-order valence-corrected chi connectivity index (χ1v) is 7.00. The van der Waals surface area contributed by atoms with Crippen molar-refractivity contribution in [2.45, 2.75) is 0 Å². The summed E-state index contributed by atoms with van der Waals surface area (Å²) in [5.74, 6) is 0.968. The van der Waals surface area contributed by atoms with Crippen LogP contribution in [-0.2, 0) is 4.74 Å². The van der Waals surface area contributed by atoms with E-state index in [-0.39, 0.29) is 0 Å². The Hall–Kier alpha value is -2.47. The maximum atomic E-state index is 5.40.